The highest BCUT2D eigenvalue weighted by molar-refractivity contribution is 5.79. The number of aryl methyl sites for hydroxylation is 1. The molecule has 0 saturated carbocycles. The van der Waals surface area contributed by atoms with Gasteiger partial charge in [-0.05, 0) is 38.2 Å². The van der Waals surface area contributed by atoms with E-state index in [1.807, 2.05) is 18.2 Å². The van der Waals surface area contributed by atoms with E-state index in [4.69, 9.17) is 10.1 Å². The molecule has 0 aliphatic carbocycles. The Kier molecular flexibility index (Phi) is 4.96. The first-order valence-electron chi connectivity index (χ1n) is 7.35. The zero-order chi connectivity index (χ0) is 15.4. The van der Waals surface area contributed by atoms with Crippen LogP contribution in [0.15, 0.2) is 18.2 Å². The molecule has 5 heteroatoms. The van der Waals surface area contributed by atoms with Crippen molar-refractivity contribution in [2.75, 3.05) is 20.6 Å². The molecule has 0 unspecified atom stereocenters. The highest BCUT2D eigenvalue weighted by Gasteiger charge is 2.11. The number of carbonyl (C=O) groups is 1. The molecule has 1 aromatic carbocycles. The first kappa shape index (κ1) is 15.5. The number of hydrogen-bond donors (Lipinski definition) is 1. The lowest BCUT2D eigenvalue weighted by Crippen LogP contribution is -2.19. The smallest absolute Gasteiger partial charge is 0.307 e. The molecular weight excluding hydrogens is 266 g/mol. The number of imidazole rings is 1. The second-order valence-electron chi connectivity index (χ2n) is 5.63. The normalized spacial score (nSPS) is 11.4. The van der Waals surface area contributed by atoms with E-state index in [9.17, 15) is 4.79 Å². The van der Waals surface area contributed by atoms with Gasteiger partial charge in [0.15, 0.2) is 0 Å². The monoisotopic (exact) mass is 289 g/mol. The summed E-state index contributed by atoms with van der Waals surface area (Å²) in [5.41, 5.74) is 2.79. The molecule has 0 spiro atoms. The lowest BCUT2D eigenvalue weighted by molar-refractivity contribution is -0.136. The molecule has 0 saturated heterocycles. The van der Waals surface area contributed by atoms with Gasteiger partial charge >= 0.3 is 5.97 Å². The van der Waals surface area contributed by atoms with Gasteiger partial charge < -0.3 is 14.6 Å². The van der Waals surface area contributed by atoms with Crippen LogP contribution in [-0.2, 0) is 24.2 Å². The zero-order valence-electron chi connectivity index (χ0n) is 13.0. The van der Waals surface area contributed by atoms with Crippen molar-refractivity contribution in [1.29, 1.82) is 0 Å². The summed E-state index contributed by atoms with van der Waals surface area (Å²) in [6.07, 6.45) is 2.03. The SMILES string of the molecule is CCCc1nc2cc(CC(=O)O)ccc2n1CCN(C)C. The standard InChI is InChI=1S/C16H23N3O2/c1-4-5-15-17-13-10-12(11-16(20)21)6-7-14(13)19(15)9-8-18(2)3/h6-7,10H,4-5,8-9,11H2,1-3H3,(H,20,21). The Balaban J connectivity index is 2.38. The summed E-state index contributed by atoms with van der Waals surface area (Å²) in [6, 6.07) is 5.78. The van der Waals surface area contributed by atoms with Gasteiger partial charge in [0.1, 0.15) is 5.82 Å². The van der Waals surface area contributed by atoms with Crippen molar-refractivity contribution in [2.24, 2.45) is 0 Å². The highest BCUT2D eigenvalue weighted by atomic mass is 16.4. The van der Waals surface area contributed by atoms with Gasteiger partial charge in [0, 0.05) is 19.5 Å². The molecule has 1 heterocycles. The summed E-state index contributed by atoms with van der Waals surface area (Å²) in [6.45, 7) is 4.00. The van der Waals surface area contributed by atoms with Crippen LogP contribution in [-0.4, -0.2) is 46.2 Å². The number of aliphatic carboxylic acids is 1. The van der Waals surface area contributed by atoms with E-state index in [2.05, 4.69) is 30.5 Å². The minimum Gasteiger partial charge on any atom is -0.481 e. The topological polar surface area (TPSA) is 58.4 Å². The number of hydrogen-bond acceptors (Lipinski definition) is 3. The summed E-state index contributed by atoms with van der Waals surface area (Å²) < 4.78 is 2.25. The Morgan fingerprint density at radius 1 is 1.38 bits per heavy atom. The number of rotatable bonds is 7. The Bertz CT molecular complexity index is 632. The van der Waals surface area contributed by atoms with E-state index < -0.39 is 5.97 Å². The number of nitrogens with zero attached hydrogens (tertiary/aromatic N) is 3. The second-order valence-corrected chi connectivity index (χ2v) is 5.63. The van der Waals surface area contributed by atoms with Crippen LogP contribution in [0.4, 0.5) is 0 Å². The van der Waals surface area contributed by atoms with Crippen LogP contribution in [0.2, 0.25) is 0 Å². The molecule has 1 N–H and O–H groups in total. The molecule has 0 fully saturated rings. The summed E-state index contributed by atoms with van der Waals surface area (Å²) in [5, 5.41) is 8.90. The van der Waals surface area contributed by atoms with Crippen molar-refractivity contribution >= 4 is 17.0 Å². The van der Waals surface area contributed by atoms with Crippen molar-refractivity contribution in [3.05, 3.63) is 29.6 Å². The maximum Gasteiger partial charge on any atom is 0.307 e. The van der Waals surface area contributed by atoms with E-state index in [-0.39, 0.29) is 6.42 Å². The summed E-state index contributed by atoms with van der Waals surface area (Å²) in [4.78, 5) is 17.7. The van der Waals surface area contributed by atoms with Gasteiger partial charge in [-0.2, -0.15) is 0 Å². The largest absolute Gasteiger partial charge is 0.481 e. The van der Waals surface area contributed by atoms with Gasteiger partial charge in [-0.15, -0.1) is 0 Å². The molecule has 21 heavy (non-hydrogen) atoms. The van der Waals surface area contributed by atoms with Crippen LogP contribution in [0.25, 0.3) is 11.0 Å². The first-order chi connectivity index (χ1) is 10.0. The van der Waals surface area contributed by atoms with Gasteiger partial charge in [-0.25, -0.2) is 4.98 Å². The van der Waals surface area contributed by atoms with Crippen LogP contribution in [0.3, 0.4) is 0 Å². The summed E-state index contributed by atoms with van der Waals surface area (Å²) in [7, 11) is 4.12. The first-order valence-corrected chi connectivity index (χ1v) is 7.35. The van der Waals surface area contributed by atoms with E-state index in [0.29, 0.717) is 0 Å². The second kappa shape index (κ2) is 6.72. The number of fused-ring (bicyclic) bond motifs is 1. The molecular formula is C16H23N3O2. The molecule has 0 bridgehead atoms. The average molecular weight is 289 g/mol. The third-order valence-corrected chi connectivity index (χ3v) is 3.49. The molecule has 0 radical (unpaired) electrons. The molecule has 0 atom stereocenters. The Morgan fingerprint density at radius 2 is 2.14 bits per heavy atom. The third-order valence-electron chi connectivity index (χ3n) is 3.49. The highest BCUT2D eigenvalue weighted by Crippen LogP contribution is 2.19. The van der Waals surface area contributed by atoms with Crippen molar-refractivity contribution in [3.8, 4) is 0 Å². The lowest BCUT2D eigenvalue weighted by atomic mass is 10.1. The molecule has 2 rings (SSSR count). The molecule has 114 valence electrons. The van der Waals surface area contributed by atoms with Crippen molar-refractivity contribution in [2.45, 2.75) is 32.7 Å². The van der Waals surface area contributed by atoms with Gasteiger partial charge in [-0.3, -0.25) is 4.79 Å². The predicted octanol–water partition coefficient (Wildman–Crippen LogP) is 2.18. The molecule has 0 amide bonds. The number of benzene rings is 1. The maximum atomic E-state index is 10.8. The van der Waals surface area contributed by atoms with Gasteiger partial charge in [0.25, 0.3) is 0 Å². The predicted molar refractivity (Wildman–Crippen MR) is 83.6 cm³/mol. The fourth-order valence-corrected chi connectivity index (χ4v) is 2.47. The van der Waals surface area contributed by atoms with Crippen molar-refractivity contribution in [1.82, 2.24) is 14.5 Å². The average Bonchev–Trinajstić information content (AvgIpc) is 2.72. The van der Waals surface area contributed by atoms with Gasteiger partial charge in [0.05, 0.1) is 17.5 Å². The molecule has 1 aromatic heterocycles. The van der Waals surface area contributed by atoms with E-state index in [0.717, 1.165) is 48.4 Å². The number of aromatic nitrogens is 2. The van der Waals surface area contributed by atoms with Crippen molar-refractivity contribution in [3.63, 3.8) is 0 Å². The fourth-order valence-electron chi connectivity index (χ4n) is 2.47. The number of likely N-dealkylation sites (N-methyl/N-ethyl adjacent to an activating group) is 1. The van der Waals surface area contributed by atoms with Crippen LogP contribution in [0.1, 0.15) is 24.7 Å². The number of carboxylic acids is 1. The van der Waals surface area contributed by atoms with Crippen LogP contribution >= 0.6 is 0 Å². The number of carboxylic acid groups (broad SMARTS) is 1. The summed E-state index contributed by atoms with van der Waals surface area (Å²) >= 11 is 0. The minimum atomic E-state index is -0.810. The quantitative estimate of drug-likeness (QED) is 0.848. The van der Waals surface area contributed by atoms with Crippen LogP contribution < -0.4 is 0 Å². The van der Waals surface area contributed by atoms with Gasteiger partial charge in [0.2, 0.25) is 0 Å². The molecule has 0 aliphatic rings. The Labute approximate surface area is 125 Å². The fraction of sp³-hybridized carbons (Fsp3) is 0.500. The summed E-state index contributed by atoms with van der Waals surface area (Å²) in [5.74, 6) is 0.275. The third kappa shape index (κ3) is 3.82. The minimum absolute atomic E-state index is 0.0452. The van der Waals surface area contributed by atoms with E-state index >= 15 is 0 Å². The molecule has 2 aromatic rings. The lowest BCUT2D eigenvalue weighted by Gasteiger charge is -2.13. The zero-order valence-corrected chi connectivity index (χ0v) is 13.0. The van der Waals surface area contributed by atoms with Crippen LogP contribution in [0, 0.1) is 0 Å². The van der Waals surface area contributed by atoms with E-state index in [1.54, 1.807) is 0 Å². The maximum absolute atomic E-state index is 10.8. The van der Waals surface area contributed by atoms with E-state index in [1.165, 1.54) is 0 Å². The van der Waals surface area contributed by atoms with Crippen LogP contribution in [0.5, 0.6) is 0 Å². The molecule has 0 aliphatic heterocycles. The van der Waals surface area contributed by atoms with Gasteiger partial charge in [-0.1, -0.05) is 13.0 Å². The molecule has 5 nitrogen and oxygen atoms in total. The van der Waals surface area contributed by atoms with Crippen molar-refractivity contribution < 1.29 is 9.90 Å². The Morgan fingerprint density at radius 3 is 2.76 bits per heavy atom. The Hall–Kier alpha value is -1.88.